The molecule has 0 aliphatic rings. The summed E-state index contributed by atoms with van der Waals surface area (Å²) in [5.74, 6) is -4.07. The highest BCUT2D eigenvalue weighted by molar-refractivity contribution is 7.41. The van der Waals surface area contributed by atoms with E-state index in [1.54, 1.807) is 36.4 Å². The molecule has 0 radical (unpaired) electrons. The number of benzene rings is 3. The number of halogens is 3. The van der Waals surface area contributed by atoms with Crippen molar-refractivity contribution < 1.29 is 51.0 Å². The van der Waals surface area contributed by atoms with Crippen molar-refractivity contribution in [3.05, 3.63) is 111 Å². The topological polar surface area (TPSA) is 262 Å². The van der Waals surface area contributed by atoms with Crippen LogP contribution in [-0.4, -0.2) is 74.6 Å². The summed E-state index contributed by atoms with van der Waals surface area (Å²) in [7, 11) is -1.47. The van der Waals surface area contributed by atoms with Crippen molar-refractivity contribution in [2.24, 2.45) is 0 Å². The number of aromatic nitrogens is 4. The van der Waals surface area contributed by atoms with Crippen molar-refractivity contribution in [3.63, 3.8) is 0 Å². The minimum Gasteiger partial charge on any atom is -0.480 e. The van der Waals surface area contributed by atoms with E-state index in [9.17, 15) is 42.3 Å². The van der Waals surface area contributed by atoms with Crippen LogP contribution in [0.25, 0.3) is 11.2 Å². The van der Waals surface area contributed by atoms with Crippen LogP contribution in [0, 0.1) is 0 Å². The number of carbonyl (C=O) groups excluding carboxylic acids is 3. The molecule has 0 saturated carbocycles. The molecule has 0 saturated heterocycles. The lowest BCUT2D eigenvalue weighted by Crippen LogP contribution is -2.41. The van der Waals surface area contributed by atoms with Crippen LogP contribution < -0.4 is 32.6 Å². The largest absolute Gasteiger partial charge is 0.480 e. The van der Waals surface area contributed by atoms with Gasteiger partial charge in [-0.2, -0.15) is 18.2 Å². The van der Waals surface area contributed by atoms with Gasteiger partial charge < -0.3 is 45.7 Å². The average Bonchev–Trinajstić information content (AvgIpc) is 3.25. The molecule has 0 aliphatic carbocycles. The van der Waals surface area contributed by atoms with Crippen LogP contribution in [0.4, 0.5) is 36.2 Å². The quantitative estimate of drug-likeness (QED) is 0.0403. The molecule has 5 aromatic rings. The van der Waals surface area contributed by atoms with Gasteiger partial charge in [0.15, 0.2) is 11.2 Å². The number of nitrogens with zero attached hydrogens (tertiary/aromatic N) is 3. The molecule has 0 aliphatic heterocycles. The number of hydrogen-bond acceptors (Lipinski definition) is 13. The molecule has 8 N–H and O–H groups in total. The van der Waals surface area contributed by atoms with Crippen molar-refractivity contribution in [1.82, 2.24) is 25.3 Å². The van der Waals surface area contributed by atoms with E-state index < -0.39 is 74.2 Å². The lowest BCUT2D eigenvalue weighted by Gasteiger charge is -2.17. The molecule has 2 aromatic heterocycles. The number of H-pyrrole nitrogens is 1. The molecule has 22 heteroatoms. The van der Waals surface area contributed by atoms with E-state index in [-0.39, 0.29) is 34.8 Å². The van der Waals surface area contributed by atoms with Gasteiger partial charge >= 0.3 is 20.7 Å². The van der Waals surface area contributed by atoms with Crippen molar-refractivity contribution >= 4 is 66.5 Å². The molecular weight excluding hydrogens is 850 g/mol. The fraction of sp³-hybridized carbons (Fsp3) is 0.317. The van der Waals surface area contributed by atoms with Crippen LogP contribution in [0.1, 0.15) is 78.1 Å². The molecule has 0 unspecified atom stereocenters. The van der Waals surface area contributed by atoms with Gasteiger partial charge in [0.1, 0.15) is 6.04 Å². The second kappa shape index (κ2) is 23.6. The smallest absolute Gasteiger partial charge is 0.416 e. The number of aromatic amines is 1. The molecule has 3 aromatic carbocycles. The van der Waals surface area contributed by atoms with E-state index in [2.05, 4.69) is 41.2 Å². The second-order valence-electron chi connectivity index (χ2n) is 12.9. The standard InChI is InChI=1S/C39H41F3N9O9P.C2H6/c1-3-58-61(59-4-2)60-18-17-22-5-10-26(11-6-22)47-35(54)28-14-9-24(39(40,41)42)19-30(28)48-31(52)16-15-29(37(56)57)49-34(53)23-7-12-25(13-8-23)44-20-27-21-45-33-32(46-27)36(55)51-38(43)50-33;1-2/h5-14,19,21,29,44H,3-4,15-18,20H2,1-2H3,(H,47,54)(H,48,52)(H,49,53)(H,56,57)(H3,43,45,50,51,55);1-2H3/t29-;/m0./s1. The molecule has 5 rings (SSSR count). The lowest BCUT2D eigenvalue weighted by atomic mass is 10.1. The number of hydrogen-bond donors (Lipinski definition) is 7. The number of nitrogen functional groups attached to an aromatic ring is 1. The number of nitrogens with one attached hydrogen (secondary N) is 5. The molecule has 63 heavy (non-hydrogen) atoms. The third kappa shape index (κ3) is 14.8. The number of carbonyl (C=O) groups is 4. The number of carboxylic acid groups (broad SMARTS) is 1. The van der Waals surface area contributed by atoms with Crippen LogP contribution in [0.5, 0.6) is 0 Å². The molecule has 2 heterocycles. The van der Waals surface area contributed by atoms with Crippen molar-refractivity contribution in [1.29, 1.82) is 0 Å². The number of rotatable bonds is 20. The SMILES string of the molecule is CC.CCOP(OCC)OCCc1ccc(NC(=O)c2ccc(C(F)(F)F)cc2NC(=O)CC[C@H](NC(=O)c2ccc(NCc3cnc4nc(N)[nH]c(=O)c4n3)cc2)C(=O)O)cc1. The van der Waals surface area contributed by atoms with Crippen molar-refractivity contribution in [2.45, 2.75) is 65.7 Å². The van der Waals surface area contributed by atoms with E-state index >= 15 is 0 Å². The Kier molecular flexibility index (Phi) is 18.4. The second-order valence-corrected chi connectivity index (χ2v) is 14.1. The number of carboxylic acids is 1. The summed E-state index contributed by atoms with van der Waals surface area (Å²) >= 11 is 0. The summed E-state index contributed by atoms with van der Waals surface area (Å²) in [6.07, 6.45) is -3.88. The van der Waals surface area contributed by atoms with E-state index in [1.807, 2.05) is 27.7 Å². The Labute approximate surface area is 360 Å². The monoisotopic (exact) mass is 897 g/mol. The number of alkyl halides is 3. The van der Waals surface area contributed by atoms with E-state index in [0.717, 1.165) is 11.6 Å². The molecule has 18 nitrogen and oxygen atoms in total. The molecule has 0 fully saturated rings. The van der Waals surface area contributed by atoms with Gasteiger partial charge in [0.25, 0.3) is 17.4 Å². The van der Waals surface area contributed by atoms with Crippen molar-refractivity contribution in [3.8, 4) is 0 Å². The maximum atomic E-state index is 13.7. The Morgan fingerprint density at radius 2 is 1.56 bits per heavy atom. The minimum atomic E-state index is -4.81. The molecular formula is C41H47F3N9O9P. The Morgan fingerprint density at radius 3 is 2.19 bits per heavy atom. The average molecular weight is 898 g/mol. The summed E-state index contributed by atoms with van der Waals surface area (Å²) in [5, 5.41) is 20.1. The molecule has 3 amide bonds. The molecule has 0 bridgehead atoms. The molecule has 1 atom stereocenters. The van der Waals surface area contributed by atoms with Gasteiger partial charge in [-0.15, -0.1) is 0 Å². The van der Waals surface area contributed by atoms with Crippen LogP contribution in [0.2, 0.25) is 0 Å². The summed E-state index contributed by atoms with van der Waals surface area (Å²) < 4.78 is 57.5. The van der Waals surface area contributed by atoms with Gasteiger partial charge in [0.2, 0.25) is 11.9 Å². The summed E-state index contributed by atoms with van der Waals surface area (Å²) in [6, 6.07) is 13.2. The molecule has 336 valence electrons. The zero-order valence-electron chi connectivity index (χ0n) is 34.7. The van der Waals surface area contributed by atoms with Crippen LogP contribution in [0.3, 0.4) is 0 Å². The Balaban J connectivity index is 0.00000429. The zero-order valence-corrected chi connectivity index (χ0v) is 35.6. The predicted octanol–water partition coefficient (Wildman–Crippen LogP) is 6.67. The van der Waals surface area contributed by atoms with Crippen LogP contribution in [-0.2, 0) is 42.3 Å². The van der Waals surface area contributed by atoms with Gasteiger partial charge in [0, 0.05) is 23.4 Å². The summed E-state index contributed by atoms with van der Waals surface area (Å²) in [5.41, 5.74) is 5.39. The lowest BCUT2D eigenvalue weighted by molar-refractivity contribution is -0.139. The number of aliphatic carboxylic acids is 1. The number of amides is 3. The fourth-order valence-electron chi connectivity index (χ4n) is 5.51. The first-order valence-electron chi connectivity index (χ1n) is 19.6. The summed E-state index contributed by atoms with van der Waals surface area (Å²) in [6.45, 7) is 8.97. The third-order valence-corrected chi connectivity index (χ3v) is 9.84. The van der Waals surface area contributed by atoms with Gasteiger partial charge in [-0.3, -0.25) is 24.2 Å². The first kappa shape index (κ1) is 49.1. The predicted molar refractivity (Wildman–Crippen MR) is 230 cm³/mol. The van der Waals surface area contributed by atoms with Gasteiger partial charge in [-0.1, -0.05) is 26.0 Å². The zero-order chi connectivity index (χ0) is 46.1. The number of fused-ring (bicyclic) bond motifs is 1. The van der Waals surface area contributed by atoms with Gasteiger partial charge in [-0.05, 0) is 86.8 Å². The highest BCUT2D eigenvalue weighted by Crippen LogP contribution is 2.39. The Bertz CT molecular complexity index is 2400. The fourth-order valence-corrected chi connectivity index (χ4v) is 6.40. The maximum Gasteiger partial charge on any atom is 0.416 e. The van der Waals surface area contributed by atoms with Crippen LogP contribution in [0.15, 0.2) is 77.7 Å². The van der Waals surface area contributed by atoms with E-state index in [1.165, 1.54) is 18.3 Å². The van der Waals surface area contributed by atoms with Crippen LogP contribution >= 0.6 is 8.60 Å². The van der Waals surface area contributed by atoms with E-state index in [4.69, 9.17) is 19.3 Å². The molecule has 0 spiro atoms. The normalized spacial score (nSPS) is 11.6. The maximum absolute atomic E-state index is 13.7. The Morgan fingerprint density at radius 1 is 0.889 bits per heavy atom. The van der Waals surface area contributed by atoms with Gasteiger partial charge in [-0.25, -0.2) is 14.8 Å². The summed E-state index contributed by atoms with van der Waals surface area (Å²) in [4.78, 5) is 78.1. The first-order chi connectivity index (χ1) is 30.1. The van der Waals surface area contributed by atoms with E-state index in [0.29, 0.717) is 55.4 Å². The highest BCUT2D eigenvalue weighted by Gasteiger charge is 2.32. The number of nitrogens with two attached hydrogens (primary N) is 1. The highest BCUT2D eigenvalue weighted by atomic mass is 31.2. The van der Waals surface area contributed by atoms with Gasteiger partial charge in [0.05, 0.1) is 55.1 Å². The number of anilines is 4. The minimum absolute atomic E-state index is 0.00171. The Hall–Kier alpha value is -6.54. The third-order valence-electron chi connectivity index (χ3n) is 8.50. The first-order valence-corrected chi connectivity index (χ1v) is 20.7. The van der Waals surface area contributed by atoms with Crippen molar-refractivity contribution in [2.75, 3.05) is 41.5 Å².